The van der Waals surface area contributed by atoms with Crippen LogP contribution >= 0.6 is 0 Å². The molecule has 0 N–H and O–H groups in total. The second kappa shape index (κ2) is 5.03. The van der Waals surface area contributed by atoms with Crippen LogP contribution in [-0.2, 0) is 11.3 Å². The highest BCUT2D eigenvalue weighted by Gasteiger charge is 2.04. The summed E-state index contributed by atoms with van der Waals surface area (Å²) in [6.45, 7) is -0.116. The predicted molar refractivity (Wildman–Crippen MR) is 59.5 cm³/mol. The zero-order chi connectivity index (χ0) is 11.4. The summed E-state index contributed by atoms with van der Waals surface area (Å²) in [6, 6.07) is 10.3. The van der Waals surface area contributed by atoms with Crippen LogP contribution in [-0.4, -0.2) is 13.3 Å². The zero-order valence-electron chi connectivity index (χ0n) is 8.75. The minimum Gasteiger partial charge on any atom is -0.374 e. The van der Waals surface area contributed by atoms with Crippen LogP contribution in [0.5, 0.6) is 0 Å². The standard InChI is InChI=1S/C13H12F2O/c14-7-8-16-9-10-5-6-13(15)12-4-2-1-3-11(10)12/h1-6H,7-9H2. The molecular formula is C13H12F2O. The first-order valence-corrected chi connectivity index (χ1v) is 5.13. The zero-order valence-corrected chi connectivity index (χ0v) is 8.75. The van der Waals surface area contributed by atoms with Gasteiger partial charge in [0, 0.05) is 5.39 Å². The summed E-state index contributed by atoms with van der Waals surface area (Å²) in [5.41, 5.74) is 0.880. The van der Waals surface area contributed by atoms with Crippen molar-refractivity contribution in [1.82, 2.24) is 0 Å². The van der Waals surface area contributed by atoms with Crippen LogP contribution < -0.4 is 0 Å². The third-order valence-corrected chi connectivity index (χ3v) is 2.44. The molecule has 2 aromatic carbocycles. The second-order valence-electron chi connectivity index (χ2n) is 3.49. The maximum atomic E-state index is 13.5. The molecule has 0 unspecified atom stereocenters. The average Bonchev–Trinajstić information content (AvgIpc) is 2.33. The van der Waals surface area contributed by atoms with Crippen molar-refractivity contribution in [3.63, 3.8) is 0 Å². The molecule has 0 radical (unpaired) electrons. The minimum absolute atomic E-state index is 0.0751. The van der Waals surface area contributed by atoms with Crippen molar-refractivity contribution in [2.24, 2.45) is 0 Å². The van der Waals surface area contributed by atoms with E-state index in [-0.39, 0.29) is 12.4 Å². The number of alkyl halides is 1. The maximum absolute atomic E-state index is 13.5. The molecule has 2 aromatic rings. The molecule has 0 atom stereocenters. The molecule has 0 aliphatic carbocycles. The van der Waals surface area contributed by atoms with Crippen molar-refractivity contribution in [2.75, 3.05) is 13.3 Å². The van der Waals surface area contributed by atoms with Gasteiger partial charge in [-0.2, -0.15) is 0 Å². The monoisotopic (exact) mass is 222 g/mol. The van der Waals surface area contributed by atoms with Gasteiger partial charge in [0.25, 0.3) is 0 Å². The lowest BCUT2D eigenvalue weighted by Crippen LogP contribution is -1.98. The number of fused-ring (bicyclic) bond motifs is 1. The highest BCUT2D eigenvalue weighted by Crippen LogP contribution is 2.22. The summed E-state index contributed by atoms with van der Waals surface area (Å²) in [5, 5.41) is 1.39. The smallest absolute Gasteiger partial charge is 0.131 e. The Hall–Kier alpha value is -1.48. The number of halogens is 2. The molecule has 84 valence electrons. The van der Waals surface area contributed by atoms with E-state index < -0.39 is 6.67 Å². The van der Waals surface area contributed by atoms with Gasteiger partial charge in [-0.05, 0) is 17.0 Å². The topological polar surface area (TPSA) is 9.23 Å². The van der Waals surface area contributed by atoms with Gasteiger partial charge in [-0.1, -0.05) is 30.3 Å². The number of benzene rings is 2. The molecule has 0 fully saturated rings. The molecule has 0 aromatic heterocycles. The Kier molecular flexibility index (Phi) is 3.47. The van der Waals surface area contributed by atoms with Gasteiger partial charge in [0.05, 0.1) is 13.2 Å². The predicted octanol–water partition coefficient (Wildman–Crippen LogP) is 3.47. The molecule has 3 heteroatoms. The Bertz CT molecular complexity index is 482. The Balaban J connectivity index is 2.35. The first-order valence-electron chi connectivity index (χ1n) is 5.13. The van der Waals surface area contributed by atoms with Crippen molar-refractivity contribution in [3.8, 4) is 0 Å². The van der Waals surface area contributed by atoms with E-state index >= 15 is 0 Å². The molecule has 0 aliphatic rings. The van der Waals surface area contributed by atoms with Crippen molar-refractivity contribution in [1.29, 1.82) is 0 Å². The first kappa shape index (κ1) is 11.0. The summed E-state index contributed by atoms with van der Waals surface area (Å²) < 4.78 is 30.5. The van der Waals surface area contributed by atoms with Gasteiger partial charge in [-0.3, -0.25) is 0 Å². The molecule has 2 rings (SSSR count). The summed E-state index contributed by atoms with van der Waals surface area (Å²) >= 11 is 0. The fraction of sp³-hybridized carbons (Fsp3) is 0.231. The summed E-state index contributed by atoms with van der Waals surface area (Å²) in [5.74, 6) is -0.246. The van der Waals surface area contributed by atoms with Gasteiger partial charge < -0.3 is 4.74 Å². The van der Waals surface area contributed by atoms with Crippen LogP contribution in [0.2, 0.25) is 0 Å². The SMILES string of the molecule is FCCOCc1ccc(F)c2ccccc12. The average molecular weight is 222 g/mol. The normalized spacial score (nSPS) is 10.9. The molecule has 1 nitrogen and oxygen atoms in total. The number of rotatable bonds is 4. The Morgan fingerprint density at radius 2 is 1.75 bits per heavy atom. The van der Waals surface area contributed by atoms with Crippen LogP contribution in [0.3, 0.4) is 0 Å². The second-order valence-corrected chi connectivity index (χ2v) is 3.49. The first-order chi connectivity index (χ1) is 7.83. The molecular weight excluding hydrogens is 210 g/mol. The Labute approximate surface area is 92.7 Å². The lowest BCUT2D eigenvalue weighted by Gasteiger charge is -2.07. The van der Waals surface area contributed by atoms with Crippen LogP contribution in [0.1, 0.15) is 5.56 Å². The molecule has 0 aliphatic heterocycles. The van der Waals surface area contributed by atoms with Crippen LogP contribution in [0.25, 0.3) is 10.8 Å². The van der Waals surface area contributed by atoms with E-state index in [1.54, 1.807) is 18.2 Å². The maximum Gasteiger partial charge on any atom is 0.131 e. The quantitative estimate of drug-likeness (QED) is 0.720. The number of ether oxygens (including phenoxy) is 1. The van der Waals surface area contributed by atoms with E-state index in [4.69, 9.17) is 4.74 Å². The van der Waals surface area contributed by atoms with Gasteiger partial charge >= 0.3 is 0 Å². The van der Waals surface area contributed by atoms with E-state index in [2.05, 4.69) is 0 Å². The lowest BCUT2D eigenvalue weighted by molar-refractivity contribution is 0.107. The van der Waals surface area contributed by atoms with Crippen LogP contribution in [0, 0.1) is 5.82 Å². The summed E-state index contributed by atoms with van der Waals surface area (Å²) in [6.07, 6.45) is 0. The van der Waals surface area contributed by atoms with Crippen molar-refractivity contribution >= 4 is 10.8 Å². The lowest BCUT2D eigenvalue weighted by atomic mass is 10.0. The molecule has 0 saturated heterocycles. The van der Waals surface area contributed by atoms with Gasteiger partial charge in [0.15, 0.2) is 0 Å². The van der Waals surface area contributed by atoms with E-state index in [1.807, 2.05) is 12.1 Å². The highest BCUT2D eigenvalue weighted by molar-refractivity contribution is 5.86. The van der Waals surface area contributed by atoms with E-state index in [1.165, 1.54) is 6.07 Å². The van der Waals surface area contributed by atoms with E-state index in [0.29, 0.717) is 12.0 Å². The van der Waals surface area contributed by atoms with Crippen LogP contribution in [0.4, 0.5) is 8.78 Å². The highest BCUT2D eigenvalue weighted by atomic mass is 19.1. The molecule has 16 heavy (non-hydrogen) atoms. The van der Waals surface area contributed by atoms with Gasteiger partial charge in [-0.25, -0.2) is 8.78 Å². The third kappa shape index (κ3) is 2.19. The molecule has 0 spiro atoms. The summed E-state index contributed by atoms with van der Waals surface area (Å²) in [7, 11) is 0. The number of hydrogen-bond donors (Lipinski definition) is 0. The molecule has 0 heterocycles. The van der Waals surface area contributed by atoms with Gasteiger partial charge in [-0.15, -0.1) is 0 Å². The molecule has 0 amide bonds. The van der Waals surface area contributed by atoms with E-state index in [9.17, 15) is 8.78 Å². The molecule has 0 saturated carbocycles. The Morgan fingerprint density at radius 1 is 1.00 bits per heavy atom. The number of hydrogen-bond acceptors (Lipinski definition) is 1. The minimum atomic E-state index is -0.501. The van der Waals surface area contributed by atoms with Gasteiger partial charge in [0.2, 0.25) is 0 Å². The molecule has 0 bridgehead atoms. The fourth-order valence-electron chi connectivity index (χ4n) is 1.69. The largest absolute Gasteiger partial charge is 0.374 e. The third-order valence-electron chi connectivity index (χ3n) is 2.44. The van der Waals surface area contributed by atoms with Crippen LogP contribution in [0.15, 0.2) is 36.4 Å². The fourth-order valence-corrected chi connectivity index (χ4v) is 1.69. The van der Waals surface area contributed by atoms with Crippen molar-refractivity contribution < 1.29 is 13.5 Å². The Morgan fingerprint density at radius 3 is 2.50 bits per heavy atom. The van der Waals surface area contributed by atoms with E-state index in [0.717, 1.165) is 10.9 Å². The summed E-state index contributed by atoms with van der Waals surface area (Å²) in [4.78, 5) is 0. The van der Waals surface area contributed by atoms with Gasteiger partial charge in [0.1, 0.15) is 12.5 Å². The van der Waals surface area contributed by atoms with Crippen molar-refractivity contribution in [2.45, 2.75) is 6.61 Å². The van der Waals surface area contributed by atoms with Crippen molar-refractivity contribution in [3.05, 3.63) is 47.8 Å².